The van der Waals surface area contributed by atoms with E-state index in [9.17, 15) is 14.4 Å². The minimum Gasteiger partial charge on any atom is -0.365 e. The number of imide groups is 2. The standard InChI is InChI=1S/C26H27N3O3/c1-15-7-9-19(10-8-15)29-24(31)21(23(30)27-25(29)32)13-18-12-20-17(3)14-26(4,5)28(6)22(20)11-16(18)2/h7-14H,1-6H3,(H,27,30,32)/b21-13+. The molecule has 0 aliphatic carbocycles. The lowest BCUT2D eigenvalue weighted by atomic mass is 9.87. The van der Waals surface area contributed by atoms with Crippen LogP contribution in [0, 0.1) is 13.8 Å². The van der Waals surface area contributed by atoms with E-state index >= 15 is 0 Å². The molecule has 0 unspecified atom stereocenters. The van der Waals surface area contributed by atoms with Crippen molar-refractivity contribution < 1.29 is 14.4 Å². The molecule has 32 heavy (non-hydrogen) atoms. The molecule has 0 radical (unpaired) electrons. The van der Waals surface area contributed by atoms with Gasteiger partial charge in [0.15, 0.2) is 0 Å². The quantitative estimate of drug-likeness (QED) is 0.559. The van der Waals surface area contributed by atoms with Crippen molar-refractivity contribution in [3.05, 3.63) is 70.3 Å². The van der Waals surface area contributed by atoms with Crippen LogP contribution < -0.4 is 15.1 Å². The number of likely N-dealkylation sites (N-methyl/N-ethyl adjacent to an activating group) is 1. The summed E-state index contributed by atoms with van der Waals surface area (Å²) < 4.78 is 0. The van der Waals surface area contributed by atoms with E-state index in [-0.39, 0.29) is 11.1 Å². The molecule has 0 saturated carbocycles. The lowest BCUT2D eigenvalue weighted by Crippen LogP contribution is -2.54. The van der Waals surface area contributed by atoms with Gasteiger partial charge in [-0.2, -0.15) is 0 Å². The monoisotopic (exact) mass is 429 g/mol. The molecular weight excluding hydrogens is 402 g/mol. The fourth-order valence-electron chi connectivity index (χ4n) is 4.21. The number of nitrogens with one attached hydrogen (secondary N) is 1. The number of aryl methyl sites for hydroxylation is 2. The smallest absolute Gasteiger partial charge is 0.335 e. The first-order valence-electron chi connectivity index (χ1n) is 10.6. The number of hydrogen-bond acceptors (Lipinski definition) is 4. The van der Waals surface area contributed by atoms with Crippen LogP contribution in [0.25, 0.3) is 11.6 Å². The van der Waals surface area contributed by atoms with Crippen LogP contribution >= 0.6 is 0 Å². The van der Waals surface area contributed by atoms with Gasteiger partial charge in [-0.05, 0) is 81.7 Å². The Bertz CT molecular complexity index is 1220. The summed E-state index contributed by atoms with van der Waals surface area (Å²) in [5.74, 6) is -1.32. The zero-order valence-corrected chi connectivity index (χ0v) is 19.2. The van der Waals surface area contributed by atoms with Gasteiger partial charge in [0.1, 0.15) is 5.57 Å². The van der Waals surface area contributed by atoms with Crippen molar-refractivity contribution in [1.82, 2.24) is 5.32 Å². The second kappa shape index (κ2) is 7.48. The summed E-state index contributed by atoms with van der Waals surface area (Å²) >= 11 is 0. The Hall–Kier alpha value is -3.67. The fraction of sp³-hybridized carbons (Fsp3) is 0.269. The van der Waals surface area contributed by atoms with E-state index in [1.807, 2.05) is 32.0 Å². The molecule has 4 rings (SSSR count). The maximum absolute atomic E-state index is 13.2. The number of amides is 4. The highest BCUT2D eigenvalue weighted by molar-refractivity contribution is 6.39. The number of carbonyl (C=O) groups excluding carboxylic acids is 3. The average Bonchev–Trinajstić information content (AvgIpc) is 2.71. The summed E-state index contributed by atoms with van der Waals surface area (Å²) in [7, 11) is 2.06. The van der Waals surface area contributed by atoms with Crippen LogP contribution in [0.1, 0.15) is 43.0 Å². The van der Waals surface area contributed by atoms with Gasteiger partial charge in [0, 0.05) is 18.3 Å². The van der Waals surface area contributed by atoms with E-state index in [0.29, 0.717) is 5.69 Å². The maximum Gasteiger partial charge on any atom is 0.335 e. The Labute approximate surface area is 188 Å². The topological polar surface area (TPSA) is 69.7 Å². The maximum atomic E-state index is 13.2. The average molecular weight is 430 g/mol. The number of allylic oxidation sites excluding steroid dienone is 1. The molecule has 1 fully saturated rings. The van der Waals surface area contributed by atoms with Gasteiger partial charge in [-0.25, -0.2) is 9.69 Å². The van der Waals surface area contributed by atoms with Gasteiger partial charge in [-0.15, -0.1) is 0 Å². The van der Waals surface area contributed by atoms with Crippen molar-refractivity contribution in [3.63, 3.8) is 0 Å². The van der Waals surface area contributed by atoms with E-state index in [1.54, 1.807) is 18.2 Å². The third-order valence-corrected chi connectivity index (χ3v) is 6.30. The first-order chi connectivity index (χ1) is 15.0. The molecule has 0 spiro atoms. The van der Waals surface area contributed by atoms with Gasteiger partial charge in [0.05, 0.1) is 11.2 Å². The van der Waals surface area contributed by atoms with Crippen LogP contribution in [-0.4, -0.2) is 30.4 Å². The van der Waals surface area contributed by atoms with Gasteiger partial charge >= 0.3 is 6.03 Å². The Morgan fingerprint density at radius 2 is 1.62 bits per heavy atom. The van der Waals surface area contributed by atoms with Crippen molar-refractivity contribution in [2.45, 2.75) is 40.2 Å². The highest BCUT2D eigenvalue weighted by atomic mass is 16.2. The molecule has 0 bridgehead atoms. The molecule has 0 atom stereocenters. The number of benzene rings is 2. The van der Waals surface area contributed by atoms with Crippen LogP contribution in [0.5, 0.6) is 0 Å². The number of anilines is 2. The molecule has 2 heterocycles. The summed E-state index contributed by atoms with van der Waals surface area (Å²) in [4.78, 5) is 41.4. The highest BCUT2D eigenvalue weighted by Gasteiger charge is 2.37. The molecule has 2 aliphatic rings. The third kappa shape index (κ3) is 3.51. The second-order valence-corrected chi connectivity index (χ2v) is 9.06. The summed E-state index contributed by atoms with van der Waals surface area (Å²) in [5, 5.41) is 2.29. The van der Waals surface area contributed by atoms with Gasteiger partial charge in [-0.3, -0.25) is 14.9 Å². The minimum atomic E-state index is -0.745. The lowest BCUT2D eigenvalue weighted by molar-refractivity contribution is -0.122. The molecule has 0 aromatic heterocycles. The summed E-state index contributed by atoms with van der Waals surface area (Å²) in [6, 6.07) is 10.3. The predicted molar refractivity (Wildman–Crippen MR) is 127 cm³/mol. The number of fused-ring (bicyclic) bond motifs is 1. The normalized spacial score (nSPS) is 19.1. The van der Waals surface area contributed by atoms with E-state index in [0.717, 1.165) is 38.4 Å². The molecule has 4 amide bonds. The zero-order valence-electron chi connectivity index (χ0n) is 19.2. The van der Waals surface area contributed by atoms with Crippen LogP contribution in [-0.2, 0) is 9.59 Å². The molecule has 6 heteroatoms. The number of rotatable bonds is 2. The number of nitrogens with zero attached hydrogens (tertiary/aromatic N) is 2. The molecule has 2 aromatic rings. The van der Waals surface area contributed by atoms with Crippen molar-refractivity contribution in [1.29, 1.82) is 0 Å². The van der Waals surface area contributed by atoms with Gasteiger partial charge < -0.3 is 4.90 Å². The molecule has 2 aliphatic heterocycles. The van der Waals surface area contributed by atoms with Gasteiger partial charge in [0.2, 0.25) is 0 Å². The van der Waals surface area contributed by atoms with Crippen molar-refractivity contribution in [3.8, 4) is 0 Å². The summed E-state index contributed by atoms with van der Waals surface area (Å²) in [6.45, 7) is 10.3. The summed E-state index contributed by atoms with van der Waals surface area (Å²) in [5.41, 5.74) is 6.24. The van der Waals surface area contributed by atoms with Gasteiger partial charge in [0.25, 0.3) is 11.8 Å². The number of barbiturate groups is 1. The highest BCUT2D eigenvalue weighted by Crippen LogP contribution is 2.39. The Morgan fingerprint density at radius 1 is 0.969 bits per heavy atom. The van der Waals surface area contributed by atoms with Gasteiger partial charge in [-0.1, -0.05) is 23.8 Å². The molecular formula is C26H27N3O3. The zero-order chi connectivity index (χ0) is 23.4. The Morgan fingerprint density at radius 3 is 2.28 bits per heavy atom. The SMILES string of the molecule is CC1=CC(C)(C)N(C)c2cc(C)c(/C=C3\C(=O)NC(=O)N(c4ccc(C)cc4)C3=O)cc21. The van der Waals surface area contributed by atoms with Crippen molar-refractivity contribution in [2.75, 3.05) is 16.8 Å². The van der Waals surface area contributed by atoms with Crippen LogP contribution in [0.3, 0.4) is 0 Å². The first kappa shape index (κ1) is 21.6. The van der Waals surface area contributed by atoms with Crippen molar-refractivity contribution >= 4 is 40.9 Å². The largest absolute Gasteiger partial charge is 0.365 e. The second-order valence-electron chi connectivity index (χ2n) is 9.06. The van der Waals surface area contributed by atoms with Crippen LogP contribution in [0.2, 0.25) is 0 Å². The fourth-order valence-corrected chi connectivity index (χ4v) is 4.21. The summed E-state index contributed by atoms with van der Waals surface area (Å²) in [6.07, 6.45) is 3.78. The Balaban J connectivity index is 1.78. The van der Waals surface area contributed by atoms with Crippen LogP contribution in [0.15, 0.2) is 48.0 Å². The molecule has 1 saturated heterocycles. The molecule has 6 nitrogen and oxygen atoms in total. The number of carbonyl (C=O) groups is 3. The van der Waals surface area contributed by atoms with E-state index in [2.05, 4.69) is 50.2 Å². The third-order valence-electron chi connectivity index (χ3n) is 6.30. The van der Waals surface area contributed by atoms with E-state index in [1.165, 1.54) is 0 Å². The van der Waals surface area contributed by atoms with E-state index in [4.69, 9.17) is 0 Å². The molecule has 1 N–H and O–H groups in total. The predicted octanol–water partition coefficient (Wildman–Crippen LogP) is 4.60. The Kier molecular flexibility index (Phi) is 5.04. The molecule has 164 valence electrons. The first-order valence-corrected chi connectivity index (χ1v) is 10.6. The molecule has 2 aromatic carbocycles. The van der Waals surface area contributed by atoms with Crippen molar-refractivity contribution in [2.24, 2.45) is 0 Å². The van der Waals surface area contributed by atoms with E-state index < -0.39 is 17.8 Å². The lowest BCUT2D eigenvalue weighted by Gasteiger charge is -2.41. The number of hydrogen-bond donors (Lipinski definition) is 1. The van der Waals surface area contributed by atoms with Crippen LogP contribution in [0.4, 0.5) is 16.2 Å². The number of urea groups is 1. The minimum absolute atomic E-state index is 0.0700.